The Morgan fingerprint density at radius 3 is 2.27 bits per heavy atom. The number of benzene rings is 1. The van der Waals surface area contributed by atoms with Crippen LogP contribution in [0.1, 0.15) is 177 Å². The number of carbonyl (C=O) groups excluding carboxylic acids is 2. The minimum atomic E-state index is -0.210. The van der Waals surface area contributed by atoms with E-state index in [4.69, 9.17) is 18.9 Å². The summed E-state index contributed by atoms with van der Waals surface area (Å²) in [6, 6.07) is 6.38. The van der Waals surface area contributed by atoms with Crippen LogP contribution in [0.4, 0.5) is 0 Å². The highest BCUT2D eigenvalue weighted by Gasteiger charge is 2.59. The Morgan fingerprint density at radius 2 is 1.57 bits per heavy atom. The zero-order valence-electron chi connectivity index (χ0n) is 32.3. The Bertz CT molecular complexity index is 1260. The highest BCUT2D eigenvalue weighted by atomic mass is 16.7. The van der Waals surface area contributed by atoms with Crippen LogP contribution in [0.3, 0.4) is 0 Å². The number of carbonyl (C=O) groups is 2. The second kappa shape index (κ2) is 18.9. The molecule has 1 aromatic carbocycles. The van der Waals surface area contributed by atoms with Gasteiger partial charge in [-0.25, -0.2) is 0 Å². The fourth-order valence-corrected chi connectivity index (χ4v) is 10.5. The van der Waals surface area contributed by atoms with Crippen molar-refractivity contribution in [2.75, 3.05) is 26.8 Å². The summed E-state index contributed by atoms with van der Waals surface area (Å²) in [5.41, 5.74) is 2.26. The molecule has 2 saturated heterocycles. The fourth-order valence-electron chi connectivity index (χ4n) is 10.5. The molecule has 0 spiro atoms. The average Bonchev–Trinajstić information content (AvgIpc) is 3.48. The molecule has 2 heterocycles. The maximum Gasteiger partial charge on any atom is 0.222 e. The van der Waals surface area contributed by atoms with Crippen molar-refractivity contribution >= 4 is 11.7 Å². The van der Waals surface area contributed by atoms with Crippen LogP contribution in [-0.4, -0.2) is 62.1 Å². The molecule has 0 aromatic heterocycles. The predicted octanol–water partition coefficient (Wildman–Crippen LogP) is 10.4. The van der Waals surface area contributed by atoms with Gasteiger partial charge in [-0.1, -0.05) is 71.3 Å². The van der Waals surface area contributed by atoms with Gasteiger partial charge in [-0.15, -0.1) is 0 Å². The number of hydrogen-bond donors (Lipinski definition) is 0. The topological polar surface area (TPSA) is 74.3 Å². The van der Waals surface area contributed by atoms with Crippen LogP contribution in [0.25, 0.3) is 0 Å². The standard InChI is InChI=1S/C44H69NO6/c1-4-5-28-45(3)39(46)19-13-11-9-7-6-8-10-12-18-35-42-34(26-27-44(2)37(42)24-25-38(44)51-41-21-15-17-30-49-41)33-23-22-32(31-36(33)43(35)47)50-40-20-14-16-29-48-40/h22-23,31,34-35,37-38,40-42H,4-21,24-30H2,1-3H3/t34?,35-,37?,38-,40?,41?,42?,44-/m0/s1. The summed E-state index contributed by atoms with van der Waals surface area (Å²) in [5, 5.41) is 0. The molecule has 0 N–H and O–H groups in total. The third kappa shape index (κ3) is 9.59. The highest BCUT2D eigenvalue weighted by Crippen LogP contribution is 2.63. The van der Waals surface area contributed by atoms with Crippen LogP contribution < -0.4 is 4.74 Å². The lowest BCUT2D eigenvalue weighted by Crippen LogP contribution is -2.50. The minimum Gasteiger partial charge on any atom is -0.465 e. The van der Waals surface area contributed by atoms with E-state index in [0.717, 1.165) is 127 Å². The van der Waals surface area contributed by atoms with Crippen LogP contribution in [-0.2, 0) is 19.0 Å². The van der Waals surface area contributed by atoms with Crippen LogP contribution in [0.5, 0.6) is 5.75 Å². The molecule has 7 heteroatoms. The first-order chi connectivity index (χ1) is 24.9. The van der Waals surface area contributed by atoms with E-state index < -0.39 is 0 Å². The van der Waals surface area contributed by atoms with Crippen LogP contribution >= 0.6 is 0 Å². The van der Waals surface area contributed by atoms with E-state index in [2.05, 4.69) is 32.0 Å². The number of nitrogens with zero attached hydrogens (tertiary/aromatic N) is 1. The molecular weight excluding hydrogens is 638 g/mol. The van der Waals surface area contributed by atoms with Gasteiger partial charge in [0, 0.05) is 44.5 Å². The van der Waals surface area contributed by atoms with Gasteiger partial charge in [-0.2, -0.15) is 0 Å². The largest absolute Gasteiger partial charge is 0.465 e. The first-order valence-corrected chi connectivity index (χ1v) is 21.4. The van der Waals surface area contributed by atoms with Gasteiger partial charge in [0.1, 0.15) is 5.75 Å². The number of amides is 1. The lowest BCUT2D eigenvalue weighted by molar-refractivity contribution is -0.213. The fraction of sp³-hybridized carbons (Fsp3) is 0.818. The molecule has 1 aromatic rings. The molecule has 2 saturated carbocycles. The third-order valence-electron chi connectivity index (χ3n) is 13.5. The minimum absolute atomic E-state index is 0.0611. The summed E-state index contributed by atoms with van der Waals surface area (Å²) in [6.45, 7) is 7.09. The van der Waals surface area contributed by atoms with Crippen LogP contribution in [0.15, 0.2) is 18.2 Å². The second-order valence-corrected chi connectivity index (χ2v) is 17.0. The van der Waals surface area contributed by atoms with Gasteiger partial charge in [0.15, 0.2) is 18.4 Å². The summed E-state index contributed by atoms with van der Waals surface area (Å²) in [6.07, 6.45) is 24.1. The summed E-state index contributed by atoms with van der Waals surface area (Å²) in [7, 11) is 1.94. The first kappa shape index (κ1) is 38.8. The number of fused-ring (bicyclic) bond motifs is 5. The molecular formula is C44H69NO6. The lowest BCUT2D eigenvalue weighted by atomic mass is 9.51. The van der Waals surface area contributed by atoms with Gasteiger partial charge in [-0.05, 0) is 118 Å². The maximum atomic E-state index is 14.7. The van der Waals surface area contributed by atoms with Crippen molar-refractivity contribution < 1.29 is 28.5 Å². The number of hydrogen-bond acceptors (Lipinski definition) is 6. The maximum absolute atomic E-state index is 14.7. The van der Waals surface area contributed by atoms with Gasteiger partial charge in [0.25, 0.3) is 0 Å². The number of ketones is 1. The summed E-state index contributed by atoms with van der Waals surface area (Å²) in [4.78, 5) is 28.9. The van der Waals surface area contributed by atoms with Crippen LogP contribution in [0, 0.1) is 23.2 Å². The Morgan fingerprint density at radius 1 is 0.863 bits per heavy atom. The Kier molecular flexibility index (Phi) is 14.3. The van der Waals surface area contributed by atoms with Crippen molar-refractivity contribution in [3.05, 3.63) is 29.3 Å². The monoisotopic (exact) mass is 708 g/mol. The van der Waals surface area contributed by atoms with Gasteiger partial charge in [0.2, 0.25) is 5.91 Å². The molecule has 2 aliphatic heterocycles. The van der Waals surface area contributed by atoms with Gasteiger partial charge >= 0.3 is 0 Å². The molecule has 8 atom stereocenters. The number of ether oxygens (including phenoxy) is 4. The van der Waals surface area contributed by atoms with E-state index in [0.29, 0.717) is 35.9 Å². The average molecular weight is 708 g/mol. The van der Waals surface area contributed by atoms with Crippen molar-refractivity contribution in [2.45, 2.75) is 180 Å². The number of unbranched alkanes of at least 4 members (excludes halogenated alkanes) is 8. The first-order valence-electron chi connectivity index (χ1n) is 21.4. The third-order valence-corrected chi connectivity index (χ3v) is 13.5. The van der Waals surface area contributed by atoms with E-state index in [1.807, 2.05) is 11.9 Å². The summed E-state index contributed by atoms with van der Waals surface area (Å²) >= 11 is 0. The van der Waals surface area contributed by atoms with E-state index >= 15 is 0 Å². The Hall–Kier alpha value is -1.96. The van der Waals surface area contributed by atoms with Crippen molar-refractivity contribution in [2.24, 2.45) is 23.2 Å². The number of Topliss-reactive ketones (excluding diaryl/α,β-unsaturated/α-hetero) is 1. The normalized spacial score (nSPS) is 31.8. The SMILES string of the molecule is CCCCN(C)C(=O)CCCCCCCCCC[C@@H]1C(=O)c2cc(OC3CCCCO3)ccc2C2CC[C@@]3(C)C(CC[C@@H]3OC3CCCCO3)C21. The molecule has 51 heavy (non-hydrogen) atoms. The molecule has 286 valence electrons. The predicted molar refractivity (Wildman–Crippen MR) is 202 cm³/mol. The summed E-state index contributed by atoms with van der Waals surface area (Å²) in [5.74, 6) is 2.78. The molecule has 0 radical (unpaired) electrons. The van der Waals surface area contributed by atoms with E-state index in [1.54, 1.807) is 0 Å². The Labute approximate surface area is 309 Å². The molecule has 3 aliphatic carbocycles. The molecule has 5 aliphatic rings. The highest BCUT2D eigenvalue weighted by molar-refractivity contribution is 6.01. The quantitative estimate of drug-likeness (QED) is 0.141. The van der Waals surface area contributed by atoms with E-state index in [9.17, 15) is 9.59 Å². The molecule has 0 bridgehead atoms. The molecule has 5 unspecified atom stereocenters. The van der Waals surface area contributed by atoms with Crippen molar-refractivity contribution in [1.29, 1.82) is 0 Å². The van der Waals surface area contributed by atoms with E-state index in [1.165, 1.54) is 44.1 Å². The lowest BCUT2D eigenvalue weighted by Gasteiger charge is -2.53. The van der Waals surface area contributed by atoms with Gasteiger partial charge in [0.05, 0.1) is 12.7 Å². The van der Waals surface area contributed by atoms with E-state index in [-0.39, 0.29) is 30.0 Å². The zero-order chi connectivity index (χ0) is 35.6. The van der Waals surface area contributed by atoms with Crippen molar-refractivity contribution in [3.8, 4) is 5.75 Å². The molecule has 4 fully saturated rings. The molecule has 1 amide bonds. The van der Waals surface area contributed by atoms with Crippen LogP contribution in [0.2, 0.25) is 0 Å². The van der Waals surface area contributed by atoms with Crippen molar-refractivity contribution in [3.63, 3.8) is 0 Å². The van der Waals surface area contributed by atoms with Gasteiger partial charge < -0.3 is 23.8 Å². The Balaban J connectivity index is 1.05. The van der Waals surface area contributed by atoms with Gasteiger partial charge in [-0.3, -0.25) is 9.59 Å². The smallest absolute Gasteiger partial charge is 0.222 e. The molecule has 7 nitrogen and oxygen atoms in total. The molecule has 6 rings (SSSR count). The second-order valence-electron chi connectivity index (χ2n) is 17.0. The zero-order valence-corrected chi connectivity index (χ0v) is 32.3. The van der Waals surface area contributed by atoms with Crippen molar-refractivity contribution in [1.82, 2.24) is 4.90 Å². The summed E-state index contributed by atoms with van der Waals surface area (Å²) < 4.78 is 25.0. The number of rotatable bonds is 18.